The Labute approximate surface area is 151 Å². The molecule has 7 heteroatoms. The molecule has 132 valence electrons. The largest absolute Gasteiger partial charge is 0.382 e. The van der Waals surface area contributed by atoms with Crippen LogP contribution in [-0.4, -0.2) is 65.2 Å². The van der Waals surface area contributed by atoms with Gasteiger partial charge in [0, 0.05) is 40.0 Å². The van der Waals surface area contributed by atoms with Gasteiger partial charge in [0.25, 0.3) is 0 Å². The number of hydrogen-bond acceptors (Lipinski definition) is 4. The Bertz CT molecular complexity index is 275. The minimum absolute atomic E-state index is 0. The molecule has 0 aromatic carbocycles. The van der Waals surface area contributed by atoms with Crippen LogP contribution in [-0.2, 0) is 14.2 Å². The van der Waals surface area contributed by atoms with Crippen molar-refractivity contribution in [1.29, 1.82) is 0 Å². The number of halogens is 1. The molecule has 1 rings (SSSR count). The molecule has 0 aliphatic carbocycles. The number of nitrogens with one attached hydrogen (secondary N) is 2. The average Bonchev–Trinajstić information content (AvgIpc) is 2.99. The van der Waals surface area contributed by atoms with Gasteiger partial charge in [-0.1, -0.05) is 0 Å². The van der Waals surface area contributed by atoms with Gasteiger partial charge in [0.2, 0.25) is 0 Å². The summed E-state index contributed by atoms with van der Waals surface area (Å²) in [5, 5.41) is 6.61. The van der Waals surface area contributed by atoms with E-state index in [2.05, 4.69) is 22.5 Å². The van der Waals surface area contributed by atoms with Gasteiger partial charge >= 0.3 is 0 Å². The molecule has 6 nitrogen and oxygen atoms in total. The van der Waals surface area contributed by atoms with Gasteiger partial charge in [0.1, 0.15) is 0 Å². The van der Waals surface area contributed by atoms with Crippen molar-refractivity contribution < 1.29 is 14.2 Å². The highest BCUT2D eigenvalue weighted by atomic mass is 127. The van der Waals surface area contributed by atoms with Crippen LogP contribution in [0, 0.1) is 0 Å². The molecule has 0 radical (unpaired) electrons. The molecule has 0 amide bonds. The van der Waals surface area contributed by atoms with Crippen LogP contribution in [0.4, 0.5) is 0 Å². The highest BCUT2D eigenvalue weighted by Crippen LogP contribution is 2.14. The van der Waals surface area contributed by atoms with Crippen LogP contribution in [0.15, 0.2) is 4.99 Å². The fourth-order valence-corrected chi connectivity index (χ4v) is 2.17. The van der Waals surface area contributed by atoms with Crippen LogP contribution in [0.1, 0.15) is 32.6 Å². The van der Waals surface area contributed by atoms with Gasteiger partial charge in [-0.2, -0.15) is 0 Å². The first-order valence-corrected chi connectivity index (χ1v) is 8.07. The van der Waals surface area contributed by atoms with Crippen molar-refractivity contribution in [3.05, 3.63) is 0 Å². The van der Waals surface area contributed by atoms with Crippen LogP contribution in [0.5, 0.6) is 0 Å². The van der Waals surface area contributed by atoms with Gasteiger partial charge in [0.15, 0.2) is 5.96 Å². The lowest BCUT2D eigenvalue weighted by Gasteiger charge is -2.13. The third-order valence-corrected chi connectivity index (χ3v) is 3.28. The van der Waals surface area contributed by atoms with E-state index in [1.165, 1.54) is 12.8 Å². The normalized spacial score (nSPS) is 18.1. The Balaban J connectivity index is 0.00000441. The zero-order valence-corrected chi connectivity index (χ0v) is 16.3. The first-order chi connectivity index (χ1) is 10.4. The summed E-state index contributed by atoms with van der Waals surface area (Å²) in [7, 11) is 1.68. The van der Waals surface area contributed by atoms with Crippen LogP contribution in [0.25, 0.3) is 0 Å². The monoisotopic (exact) mass is 429 g/mol. The highest BCUT2D eigenvalue weighted by Gasteiger charge is 2.14. The summed E-state index contributed by atoms with van der Waals surface area (Å²) < 4.78 is 15.9. The number of guanidine groups is 1. The smallest absolute Gasteiger partial charge is 0.191 e. The van der Waals surface area contributed by atoms with E-state index in [9.17, 15) is 0 Å². The van der Waals surface area contributed by atoms with Crippen molar-refractivity contribution in [2.24, 2.45) is 4.99 Å². The number of hydrogen-bond donors (Lipinski definition) is 2. The SMILES string of the molecule is CCNC(=NCCCOCCOC)NCCC1CCCO1.I. The molecule has 1 aliphatic heterocycles. The van der Waals surface area contributed by atoms with E-state index in [0.717, 1.165) is 51.6 Å². The molecular formula is C15H32IN3O3. The van der Waals surface area contributed by atoms with Crippen LogP contribution >= 0.6 is 24.0 Å². The molecule has 0 aromatic rings. The van der Waals surface area contributed by atoms with E-state index in [1.54, 1.807) is 7.11 Å². The van der Waals surface area contributed by atoms with Crippen molar-refractivity contribution in [1.82, 2.24) is 10.6 Å². The molecule has 1 heterocycles. The van der Waals surface area contributed by atoms with Gasteiger partial charge in [0.05, 0.1) is 19.3 Å². The Morgan fingerprint density at radius 2 is 2.14 bits per heavy atom. The third kappa shape index (κ3) is 11.4. The van der Waals surface area contributed by atoms with Crippen molar-refractivity contribution >= 4 is 29.9 Å². The number of ether oxygens (including phenoxy) is 3. The fraction of sp³-hybridized carbons (Fsp3) is 0.933. The summed E-state index contributed by atoms with van der Waals surface area (Å²) in [4.78, 5) is 4.54. The molecular weight excluding hydrogens is 397 g/mol. The van der Waals surface area contributed by atoms with E-state index in [1.807, 2.05) is 0 Å². The fourth-order valence-electron chi connectivity index (χ4n) is 2.17. The maximum absolute atomic E-state index is 5.61. The minimum atomic E-state index is 0. The summed E-state index contributed by atoms with van der Waals surface area (Å²) in [6, 6.07) is 0. The van der Waals surface area contributed by atoms with Crippen LogP contribution < -0.4 is 10.6 Å². The number of methoxy groups -OCH3 is 1. The Morgan fingerprint density at radius 1 is 1.27 bits per heavy atom. The van der Waals surface area contributed by atoms with Crippen molar-refractivity contribution in [3.8, 4) is 0 Å². The maximum Gasteiger partial charge on any atom is 0.191 e. The summed E-state index contributed by atoms with van der Waals surface area (Å²) in [6.07, 6.45) is 4.78. The van der Waals surface area contributed by atoms with Crippen molar-refractivity contribution in [3.63, 3.8) is 0 Å². The summed E-state index contributed by atoms with van der Waals surface area (Å²) in [5.41, 5.74) is 0. The van der Waals surface area contributed by atoms with Gasteiger partial charge < -0.3 is 24.8 Å². The maximum atomic E-state index is 5.61. The van der Waals surface area contributed by atoms with Gasteiger partial charge in [-0.3, -0.25) is 4.99 Å². The lowest BCUT2D eigenvalue weighted by atomic mass is 10.2. The molecule has 1 aliphatic rings. The second-order valence-electron chi connectivity index (χ2n) is 5.07. The topological polar surface area (TPSA) is 64.1 Å². The third-order valence-electron chi connectivity index (χ3n) is 3.28. The molecule has 0 bridgehead atoms. The second-order valence-corrected chi connectivity index (χ2v) is 5.07. The van der Waals surface area contributed by atoms with Gasteiger partial charge in [-0.05, 0) is 32.6 Å². The standard InChI is InChI=1S/C15H31N3O3.HI/c1-3-16-15(17-8-5-10-20-13-12-19-2)18-9-7-14-6-4-11-21-14;/h14H,3-13H2,1-2H3,(H2,16,17,18);1H. The van der Waals surface area contributed by atoms with Gasteiger partial charge in [-0.15, -0.1) is 24.0 Å². The summed E-state index contributed by atoms with van der Waals surface area (Å²) in [6.45, 7) is 7.56. The molecule has 1 fully saturated rings. The lowest BCUT2D eigenvalue weighted by molar-refractivity contribution is 0.0702. The first kappa shape index (κ1) is 21.9. The van der Waals surface area contributed by atoms with Crippen molar-refractivity contribution in [2.45, 2.75) is 38.7 Å². The molecule has 0 aromatic heterocycles. The van der Waals surface area contributed by atoms with Crippen LogP contribution in [0.3, 0.4) is 0 Å². The Hall–Kier alpha value is -0.120. The number of nitrogens with zero attached hydrogens (tertiary/aromatic N) is 1. The van der Waals surface area contributed by atoms with Crippen molar-refractivity contribution in [2.75, 3.05) is 53.2 Å². The molecule has 0 spiro atoms. The molecule has 2 N–H and O–H groups in total. The molecule has 1 atom stereocenters. The number of aliphatic imine (C=N–C) groups is 1. The predicted molar refractivity (Wildman–Crippen MR) is 100 cm³/mol. The summed E-state index contributed by atoms with van der Waals surface area (Å²) >= 11 is 0. The zero-order valence-electron chi connectivity index (χ0n) is 13.9. The van der Waals surface area contributed by atoms with E-state index in [0.29, 0.717) is 19.3 Å². The highest BCUT2D eigenvalue weighted by molar-refractivity contribution is 14.0. The minimum Gasteiger partial charge on any atom is -0.382 e. The van der Waals surface area contributed by atoms with Crippen LogP contribution in [0.2, 0.25) is 0 Å². The number of rotatable bonds is 11. The van der Waals surface area contributed by atoms with Gasteiger partial charge in [-0.25, -0.2) is 0 Å². The zero-order chi connectivity index (χ0) is 15.2. The van der Waals surface area contributed by atoms with E-state index in [4.69, 9.17) is 14.2 Å². The molecule has 1 unspecified atom stereocenters. The Kier molecular flexibility index (Phi) is 15.7. The van der Waals surface area contributed by atoms with E-state index < -0.39 is 0 Å². The van der Waals surface area contributed by atoms with E-state index >= 15 is 0 Å². The molecule has 22 heavy (non-hydrogen) atoms. The summed E-state index contributed by atoms with van der Waals surface area (Å²) in [5.74, 6) is 0.882. The molecule has 0 saturated carbocycles. The average molecular weight is 429 g/mol. The first-order valence-electron chi connectivity index (χ1n) is 8.07. The van der Waals surface area contributed by atoms with E-state index in [-0.39, 0.29) is 24.0 Å². The second kappa shape index (κ2) is 15.8. The predicted octanol–water partition coefficient (Wildman–Crippen LogP) is 1.78. The Morgan fingerprint density at radius 3 is 2.82 bits per heavy atom. The quantitative estimate of drug-likeness (QED) is 0.227. The lowest BCUT2D eigenvalue weighted by Crippen LogP contribution is -2.38. The molecule has 1 saturated heterocycles.